The Bertz CT molecular complexity index is 730. The Labute approximate surface area is 136 Å². The highest BCUT2D eigenvalue weighted by Gasteiger charge is 2.16. The third-order valence-electron chi connectivity index (χ3n) is 3.15. The second kappa shape index (κ2) is 6.65. The van der Waals surface area contributed by atoms with E-state index in [1.54, 1.807) is 24.3 Å². The molecule has 0 aromatic heterocycles. The lowest BCUT2D eigenvalue weighted by atomic mass is 10.1. The predicted molar refractivity (Wildman–Crippen MR) is 92.8 cm³/mol. The minimum atomic E-state index is -0.323. The van der Waals surface area contributed by atoms with E-state index in [1.165, 1.54) is 0 Å². The van der Waals surface area contributed by atoms with Gasteiger partial charge in [0.2, 0.25) is 0 Å². The van der Waals surface area contributed by atoms with Gasteiger partial charge in [-0.05, 0) is 63.6 Å². The van der Waals surface area contributed by atoms with Gasteiger partial charge in [0, 0.05) is 22.4 Å². The Morgan fingerprint density at radius 1 is 0.870 bits per heavy atom. The minimum Gasteiger partial charge on any atom is -0.347 e. The molecule has 4 nitrogen and oxygen atoms in total. The molecule has 2 rings (SSSR count). The molecule has 23 heavy (non-hydrogen) atoms. The number of rotatable bonds is 3. The topological polar surface area (TPSA) is 58.2 Å². The molecular weight excluding hydrogens is 288 g/mol. The minimum absolute atomic E-state index is 0.192. The number of hydrogen-bond donors (Lipinski definition) is 2. The summed E-state index contributed by atoms with van der Waals surface area (Å²) in [4.78, 5) is 24.5. The van der Waals surface area contributed by atoms with Crippen LogP contribution >= 0.6 is 0 Å². The second-order valence-corrected chi connectivity index (χ2v) is 6.61. The first-order valence-corrected chi connectivity index (χ1v) is 7.55. The van der Waals surface area contributed by atoms with Gasteiger partial charge in [0.1, 0.15) is 0 Å². The van der Waals surface area contributed by atoms with Crippen molar-refractivity contribution < 1.29 is 9.59 Å². The Morgan fingerprint density at radius 3 is 2.09 bits per heavy atom. The summed E-state index contributed by atoms with van der Waals surface area (Å²) in [5.74, 6) is -0.427. The molecule has 0 saturated heterocycles. The molecule has 0 atom stereocenters. The molecule has 0 aliphatic carbocycles. The van der Waals surface area contributed by atoms with Gasteiger partial charge in [-0.15, -0.1) is 0 Å². The number of carbonyl (C=O) groups excluding carboxylic acids is 2. The SMILES string of the molecule is Cc1cccc(NC(=O)c2cccc(C(=O)NC(C)(C)C)c2)c1. The first-order valence-electron chi connectivity index (χ1n) is 7.55. The summed E-state index contributed by atoms with van der Waals surface area (Å²) in [6, 6.07) is 14.3. The summed E-state index contributed by atoms with van der Waals surface area (Å²) < 4.78 is 0. The van der Waals surface area contributed by atoms with Gasteiger partial charge < -0.3 is 10.6 Å². The van der Waals surface area contributed by atoms with Gasteiger partial charge in [0.15, 0.2) is 0 Å². The van der Waals surface area contributed by atoms with E-state index < -0.39 is 0 Å². The normalized spacial score (nSPS) is 11.0. The van der Waals surface area contributed by atoms with E-state index in [-0.39, 0.29) is 17.4 Å². The number of hydrogen-bond acceptors (Lipinski definition) is 2. The molecule has 2 N–H and O–H groups in total. The highest BCUT2D eigenvalue weighted by Crippen LogP contribution is 2.13. The molecule has 4 heteroatoms. The van der Waals surface area contributed by atoms with E-state index in [1.807, 2.05) is 52.0 Å². The number of nitrogens with one attached hydrogen (secondary N) is 2. The van der Waals surface area contributed by atoms with E-state index >= 15 is 0 Å². The number of amides is 2. The lowest BCUT2D eigenvalue weighted by molar-refractivity contribution is 0.0919. The van der Waals surface area contributed by atoms with Crippen molar-refractivity contribution in [2.24, 2.45) is 0 Å². The highest BCUT2D eigenvalue weighted by atomic mass is 16.2. The summed E-state index contributed by atoms with van der Waals surface area (Å²) in [5, 5.41) is 5.73. The zero-order valence-electron chi connectivity index (χ0n) is 13.9. The molecule has 2 aromatic carbocycles. The first kappa shape index (κ1) is 16.7. The largest absolute Gasteiger partial charge is 0.347 e. The van der Waals surface area contributed by atoms with Crippen molar-refractivity contribution in [3.8, 4) is 0 Å². The van der Waals surface area contributed by atoms with Crippen LogP contribution in [-0.4, -0.2) is 17.4 Å². The molecular formula is C19H22N2O2. The number of carbonyl (C=O) groups is 2. The third-order valence-corrected chi connectivity index (χ3v) is 3.15. The summed E-state index contributed by atoms with van der Waals surface area (Å²) >= 11 is 0. The summed E-state index contributed by atoms with van der Waals surface area (Å²) in [6.07, 6.45) is 0. The number of anilines is 1. The van der Waals surface area contributed by atoms with Crippen LogP contribution in [0.1, 0.15) is 47.1 Å². The third kappa shape index (κ3) is 4.95. The van der Waals surface area contributed by atoms with Crippen LogP contribution in [0.15, 0.2) is 48.5 Å². The maximum absolute atomic E-state index is 12.3. The van der Waals surface area contributed by atoms with Crippen LogP contribution < -0.4 is 10.6 Å². The van der Waals surface area contributed by atoms with Crippen LogP contribution in [0.5, 0.6) is 0 Å². The first-order chi connectivity index (χ1) is 10.7. The van der Waals surface area contributed by atoms with Crippen LogP contribution in [0.3, 0.4) is 0 Å². The highest BCUT2D eigenvalue weighted by molar-refractivity contribution is 6.06. The van der Waals surface area contributed by atoms with Gasteiger partial charge in [-0.3, -0.25) is 9.59 Å². The average molecular weight is 310 g/mol. The lowest BCUT2D eigenvalue weighted by Gasteiger charge is -2.20. The molecule has 2 aromatic rings. The fourth-order valence-electron chi connectivity index (χ4n) is 2.14. The molecule has 0 saturated carbocycles. The van der Waals surface area contributed by atoms with Crippen LogP contribution in [-0.2, 0) is 0 Å². The number of aryl methyl sites for hydroxylation is 1. The fourth-order valence-corrected chi connectivity index (χ4v) is 2.14. The molecule has 0 unspecified atom stereocenters. The van der Waals surface area contributed by atoms with Crippen molar-refractivity contribution >= 4 is 17.5 Å². The maximum Gasteiger partial charge on any atom is 0.255 e. The van der Waals surface area contributed by atoms with Gasteiger partial charge in [0.05, 0.1) is 0 Å². The van der Waals surface area contributed by atoms with Crippen molar-refractivity contribution in [3.05, 3.63) is 65.2 Å². The molecule has 0 bridgehead atoms. The molecule has 0 aliphatic rings. The van der Waals surface area contributed by atoms with Crippen molar-refractivity contribution in [1.29, 1.82) is 0 Å². The summed E-state index contributed by atoms with van der Waals surface area (Å²) in [6.45, 7) is 7.71. The number of benzene rings is 2. The van der Waals surface area contributed by atoms with Crippen LogP contribution in [0.2, 0.25) is 0 Å². The smallest absolute Gasteiger partial charge is 0.255 e. The van der Waals surface area contributed by atoms with Gasteiger partial charge in [-0.2, -0.15) is 0 Å². The van der Waals surface area contributed by atoms with E-state index in [9.17, 15) is 9.59 Å². The summed E-state index contributed by atoms with van der Waals surface area (Å²) in [7, 11) is 0. The predicted octanol–water partition coefficient (Wildman–Crippen LogP) is 3.78. The Balaban J connectivity index is 2.16. The molecule has 0 spiro atoms. The van der Waals surface area contributed by atoms with Crippen LogP contribution in [0, 0.1) is 6.92 Å². The van der Waals surface area contributed by atoms with Gasteiger partial charge in [-0.1, -0.05) is 18.2 Å². The molecule has 0 radical (unpaired) electrons. The fraction of sp³-hybridized carbons (Fsp3) is 0.263. The molecule has 0 fully saturated rings. The van der Waals surface area contributed by atoms with E-state index in [4.69, 9.17) is 0 Å². The summed E-state index contributed by atoms with van der Waals surface area (Å²) in [5.41, 5.74) is 2.40. The Kier molecular flexibility index (Phi) is 4.84. The molecule has 120 valence electrons. The van der Waals surface area contributed by atoms with Gasteiger partial charge in [0.25, 0.3) is 11.8 Å². The van der Waals surface area contributed by atoms with Crippen molar-refractivity contribution in [1.82, 2.24) is 5.32 Å². The maximum atomic E-state index is 12.3. The monoisotopic (exact) mass is 310 g/mol. The zero-order valence-corrected chi connectivity index (χ0v) is 13.9. The van der Waals surface area contributed by atoms with Crippen LogP contribution in [0.4, 0.5) is 5.69 Å². The molecule has 2 amide bonds. The molecule has 0 aliphatic heterocycles. The van der Waals surface area contributed by atoms with E-state index in [0.717, 1.165) is 11.3 Å². The van der Waals surface area contributed by atoms with Gasteiger partial charge in [-0.25, -0.2) is 0 Å². The Morgan fingerprint density at radius 2 is 1.48 bits per heavy atom. The average Bonchev–Trinajstić information content (AvgIpc) is 2.45. The van der Waals surface area contributed by atoms with Crippen molar-refractivity contribution in [2.75, 3.05) is 5.32 Å². The van der Waals surface area contributed by atoms with Crippen molar-refractivity contribution in [2.45, 2.75) is 33.2 Å². The molecule has 0 heterocycles. The zero-order chi connectivity index (χ0) is 17.0. The van der Waals surface area contributed by atoms with Crippen LogP contribution in [0.25, 0.3) is 0 Å². The lowest BCUT2D eigenvalue weighted by Crippen LogP contribution is -2.40. The van der Waals surface area contributed by atoms with E-state index in [2.05, 4.69) is 10.6 Å². The quantitative estimate of drug-likeness (QED) is 0.906. The second-order valence-electron chi connectivity index (χ2n) is 6.61. The standard InChI is InChI=1S/C19H22N2O2/c1-13-7-5-10-16(11-13)20-17(22)14-8-6-9-15(12-14)18(23)21-19(2,3)4/h5-12H,1-4H3,(H,20,22)(H,21,23). The van der Waals surface area contributed by atoms with Gasteiger partial charge >= 0.3 is 0 Å². The van der Waals surface area contributed by atoms with Crippen molar-refractivity contribution in [3.63, 3.8) is 0 Å². The van der Waals surface area contributed by atoms with E-state index in [0.29, 0.717) is 11.1 Å². The Hall–Kier alpha value is -2.62.